The van der Waals surface area contributed by atoms with Crippen molar-refractivity contribution in [3.05, 3.63) is 35.4 Å². The third-order valence-corrected chi connectivity index (χ3v) is 7.28. The number of nitrogens with one attached hydrogen (secondary N) is 1. The van der Waals surface area contributed by atoms with Crippen LogP contribution >= 0.6 is 0 Å². The summed E-state index contributed by atoms with van der Waals surface area (Å²) in [7, 11) is 0. The molecule has 146 valence electrons. The van der Waals surface area contributed by atoms with Gasteiger partial charge in [-0.1, -0.05) is 6.42 Å². The zero-order valence-electron chi connectivity index (χ0n) is 15.4. The molecule has 3 saturated heterocycles. The van der Waals surface area contributed by atoms with Gasteiger partial charge in [0.15, 0.2) is 11.6 Å². The first-order chi connectivity index (χ1) is 13.0. The van der Waals surface area contributed by atoms with E-state index < -0.39 is 11.6 Å². The fourth-order valence-electron chi connectivity index (χ4n) is 5.69. The standard InChI is InChI=1S/C21H26F2N2O2/c22-17-5-4-14(8-18(17)23)20(26)24-9-15-16-11-25(10-13-2-1-3-13)12-21(16)7-6-19(15)27-21/h4-5,8,13,15-16,19H,1-3,6-7,9-12H2,(H,24,26)/t15-,16+,19+,21+/m0/s1. The smallest absolute Gasteiger partial charge is 0.251 e. The number of fused-ring (bicyclic) bond motifs is 1. The van der Waals surface area contributed by atoms with Gasteiger partial charge in [-0.25, -0.2) is 8.78 Å². The van der Waals surface area contributed by atoms with Gasteiger partial charge >= 0.3 is 0 Å². The molecule has 6 heteroatoms. The van der Waals surface area contributed by atoms with Gasteiger partial charge in [0, 0.05) is 43.6 Å². The molecule has 3 heterocycles. The van der Waals surface area contributed by atoms with Crippen LogP contribution in [0.2, 0.25) is 0 Å². The van der Waals surface area contributed by atoms with Crippen molar-refractivity contribution in [1.29, 1.82) is 0 Å². The Labute approximate surface area is 158 Å². The van der Waals surface area contributed by atoms with Crippen molar-refractivity contribution in [1.82, 2.24) is 10.2 Å². The summed E-state index contributed by atoms with van der Waals surface area (Å²) in [5.41, 5.74) is 0.136. The van der Waals surface area contributed by atoms with E-state index in [4.69, 9.17) is 4.74 Å². The number of benzene rings is 1. The largest absolute Gasteiger partial charge is 0.370 e. The zero-order valence-corrected chi connectivity index (χ0v) is 15.4. The molecule has 4 nitrogen and oxygen atoms in total. The van der Waals surface area contributed by atoms with Crippen LogP contribution in [0.5, 0.6) is 0 Å². The molecule has 1 aliphatic carbocycles. The Bertz CT molecular complexity index is 754. The van der Waals surface area contributed by atoms with Crippen molar-refractivity contribution in [2.24, 2.45) is 17.8 Å². The second-order valence-electron chi connectivity index (χ2n) is 8.86. The van der Waals surface area contributed by atoms with E-state index in [0.29, 0.717) is 18.4 Å². The summed E-state index contributed by atoms with van der Waals surface area (Å²) in [6.07, 6.45) is 6.46. The first kappa shape index (κ1) is 17.6. The van der Waals surface area contributed by atoms with E-state index in [1.165, 1.54) is 31.9 Å². The van der Waals surface area contributed by atoms with E-state index in [1.807, 2.05) is 0 Å². The third-order valence-electron chi connectivity index (χ3n) is 7.28. The Morgan fingerprint density at radius 1 is 1.26 bits per heavy atom. The number of amides is 1. The van der Waals surface area contributed by atoms with Gasteiger partial charge in [0.25, 0.3) is 5.91 Å². The van der Waals surface area contributed by atoms with Crippen LogP contribution in [0.4, 0.5) is 8.78 Å². The molecule has 1 N–H and O–H groups in total. The second kappa shape index (κ2) is 6.52. The van der Waals surface area contributed by atoms with Crippen molar-refractivity contribution >= 4 is 5.91 Å². The Balaban J connectivity index is 1.23. The summed E-state index contributed by atoms with van der Waals surface area (Å²) in [6, 6.07) is 3.27. The first-order valence-electron chi connectivity index (χ1n) is 10.2. The SMILES string of the molecule is O=C(NC[C@H]1[C@H]2CN(CC3CCC3)C[C@]23CC[C@H]1O3)c1ccc(F)c(F)c1. The molecular weight excluding hydrogens is 350 g/mol. The Kier molecular flexibility index (Phi) is 4.24. The highest BCUT2D eigenvalue weighted by Gasteiger charge is 2.62. The van der Waals surface area contributed by atoms with E-state index >= 15 is 0 Å². The van der Waals surface area contributed by atoms with Crippen LogP contribution in [0.1, 0.15) is 42.5 Å². The van der Waals surface area contributed by atoms with Crippen LogP contribution in [0.15, 0.2) is 18.2 Å². The van der Waals surface area contributed by atoms with Gasteiger partial charge in [-0.3, -0.25) is 9.69 Å². The van der Waals surface area contributed by atoms with E-state index in [1.54, 1.807) is 0 Å². The molecule has 5 rings (SSSR count). The quantitative estimate of drug-likeness (QED) is 0.859. The lowest BCUT2D eigenvalue weighted by Crippen LogP contribution is -2.41. The number of hydrogen-bond acceptors (Lipinski definition) is 3. The van der Waals surface area contributed by atoms with Gasteiger partial charge in [0.05, 0.1) is 11.7 Å². The minimum Gasteiger partial charge on any atom is -0.370 e. The Morgan fingerprint density at radius 2 is 2.11 bits per heavy atom. The van der Waals surface area contributed by atoms with Gasteiger partial charge in [0.1, 0.15) is 0 Å². The lowest BCUT2D eigenvalue weighted by molar-refractivity contribution is 0.000541. The van der Waals surface area contributed by atoms with Gasteiger partial charge in [-0.05, 0) is 49.8 Å². The average molecular weight is 376 g/mol. The molecule has 1 aromatic carbocycles. The van der Waals surface area contributed by atoms with Gasteiger partial charge < -0.3 is 10.1 Å². The number of halogens is 2. The summed E-state index contributed by atoms with van der Waals surface area (Å²) in [5, 5.41) is 2.93. The number of hydrogen-bond donors (Lipinski definition) is 1. The molecule has 1 aromatic rings. The summed E-state index contributed by atoms with van der Waals surface area (Å²) in [4.78, 5) is 14.9. The predicted molar refractivity (Wildman–Crippen MR) is 96.3 cm³/mol. The number of ether oxygens (including phenoxy) is 1. The van der Waals surface area contributed by atoms with Crippen LogP contribution in [0, 0.1) is 29.4 Å². The van der Waals surface area contributed by atoms with Crippen molar-refractivity contribution < 1.29 is 18.3 Å². The fourth-order valence-corrected chi connectivity index (χ4v) is 5.69. The fraction of sp³-hybridized carbons (Fsp3) is 0.667. The summed E-state index contributed by atoms with van der Waals surface area (Å²) in [5.74, 6) is -0.667. The topological polar surface area (TPSA) is 41.6 Å². The molecular formula is C21H26F2N2O2. The van der Waals surface area contributed by atoms with Crippen molar-refractivity contribution in [3.63, 3.8) is 0 Å². The summed E-state index contributed by atoms with van der Waals surface area (Å²) < 4.78 is 32.9. The molecule has 4 fully saturated rings. The maximum Gasteiger partial charge on any atom is 0.251 e. The number of carbonyl (C=O) groups is 1. The van der Waals surface area contributed by atoms with Gasteiger partial charge in [0.2, 0.25) is 0 Å². The first-order valence-corrected chi connectivity index (χ1v) is 10.2. The number of rotatable bonds is 5. The minimum absolute atomic E-state index is 0.0220. The van der Waals surface area contributed by atoms with Gasteiger partial charge in [-0.15, -0.1) is 0 Å². The van der Waals surface area contributed by atoms with E-state index in [9.17, 15) is 13.6 Å². The lowest BCUT2D eigenvalue weighted by atomic mass is 9.73. The van der Waals surface area contributed by atoms with E-state index in [-0.39, 0.29) is 23.2 Å². The highest BCUT2D eigenvalue weighted by atomic mass is 19.2. The predicted octanol–water partition coefficient (Wildman–Crippen LogP) is 2.97. The number of likely N-dealkylation sites (tertiary alicyclic amines) is 1. The monoisotopic (exact) mass is 376 g/mol. The molecule has 3 aliphatic heterocycles. The maximum atomic E-state index is 13.4. The van der Waals surface area contributed by atoms with Crippen molar-refractivity contribution in [3.8, 4) is 0 Å². The Hall–Kier alpha value is -1.53. The third kappa shape index (κ3) is 2.97. The van der Waals surface area contributed by atoms with E-state index in [0.717, 1.165) is 44.0 Å². The molecule has 2 bridgehead atoms. The molecule has 27 heavy (non-hydrogen) atoms. The summed E-state index contributed by atoms with van der Waals surface area (Å²) in [6.45, 7) is 3.80. The van der Waals surface area contributed by atoms with Crippen molar-refractivity contribution in [2.75, 3.05) is 26.2 Å². The maximum absolute atomic E-state index is 13.4. The Morgan fingerprint density at radius 3 is 2.85 bits per heavy atom. The molecule has 0 aromatic heterocycles. The molecule has 0 unspecified atom stereocenters. The molecule has 1 amide bonds. The molecule has 4 aliphatic rings. The zero-order chi connectivity index (χ0) is 18.6. The van der Waals surface area contributed by atoms with Crippen molar-refractivity contribution in [2.45, 2.75) is 43.8 Å². The number of carbonyl (C=O) groups excluding carboxylic acids is 1. The van der Waals surface area contributed by atoms with Crippen LogP contribution in [-0.2, 0) is 4.74 Å². The van der Waals surface area contributed by atoms with Crippen LogP contribution in [0.3, 0.4) is 0 Å². The average Bonchev–Trinajstić information content (AvgIpc) is 3.26. The molecule has 1 spiro atoms. The van der Waals surface area contributed by atoms with Crippen LogP contribution < -0.4 is 5.32 Å². The minimum atomic E-state index is -0.993. The van der Waals surface area contributed by atoms with Gasteiger partial charge in [-0.2, -0.15) is 0 Å². The normalized spacial score (nSPS) is 35.3. The summed E-state index contributed by atoms with van der Waals surface area (Å²) >= 11 is 0. The number of nitrogens with zero attached hydrogens (tertiary/aromatic N) is 1. The highest BCUT2D eigenvalue weighted by molar-refractivity contribution is 5.94. The second-order valence-corrected chi connectivity index (χ2v) is 8.86. The molecule has 1 saturated carbocycles. The molecule has 4 atom stereocenters. The van der Waals surface area contributed by atoms with Crippen LogP contribution in [0.25, 0.3) is 0 Å². The highest BCUT2D eigenvalue weighted by Crippen LogP contribution is 2.54. The lowest BCUT2D eigenvalue weighted by Gasteiger charge is -2.31. The van der Waals surface area contributed by atoms with Crippen LogP contribution in [-0.4, -0.2) is 48.7 Å². The molecule has 0 radical (unpaired) electrons. The van der Waals surface area contributed by atoms with E-state index in [2.05, 4.69) is 10.2 Å².